The molecule has 0 aromatic heterocycles. The molecule has 2 rings (SSSR count). The summed E-state index contributed by atoms with van der Waals surface area (Å²) in [6, 6.07) is 5.98. The number of thiocarbonyl (C=S) groups is 1. The minimum absolute atomic E-state index is 0.783. The second kappa shape index (κ2) is 5.23. The lowest BCUT2D eigenvalue weighted by molar-refractivity contribution is 0.408. The molecule has 0 spiro atoms. The van der Waals surface area contributed by atoms with Crippen LogP contribution >= 0.6 is 23.8 Å². The third-order valence-corrected chi connectivity index (χ3v) is 3.93. The summed E-state index contributed by atoms with van der Waals surface area (Å²) < 4.78 is 0. The van der Waals surface area contributed by atoms with Crippen LogP contribution in [0.3, 0.4) is 0 Å². The summed E-state index contributed by atoms with van der Waals surface area (Å²) in [4.78, 5) is 4.39. The number of halogens is 1. The molecule has 1 saturated heterocycles. The standard InChI is InChI=1S/C13H17ClN2S/c1-3-15-8-5-9-16(13(15)17)12-10(2)6-4-7-11(12)14/h4,6-7H,3,5,8-9H2,1-2H3. The van der Waals surface area contributed by atoms with E-state index in [1.807, 2.05) is 12.1 Å². The number of rotatable bonds is 2. The summed E-state index contributed by atoms with van der Waals surface area (Å²) in [6.45, 7) is 7.18. The first-order chi connectivity index (χ1) is 8.15. The van der Waals surface area contributed by atoms with Crippen molar-refractivity contribution < 1.29 is 0 Å². The van der Waals surface area contributed by atoms with Crippen LogP contribution < -0.4 is 4.90 Å². The van der Waals surface area contributed by atoms with E-state index in [0.29, 0.717) is 0 Å². The summed E-state index contributed by atoms with van der Waals surface area (Å²) in [5.74, 6) is 0. The van der Waals surface area contributed by atoms with Crippen molar-refractivity contribution in [1.29, 1.82) is 0 Å². The van der Waals surface area contributed by atoms with Crippen LogP contribution in [0, 0.1) is 6.92 Å². The quantitative estimate of drug-likeness (QED) is 0.759. The molecule has 2 nitrogen and oxygen atoms in total. The van der Waals surface area contributed by atoms with Gasteiger partial charge in [0.2, 0.25) is 0 Å². The van der Waals surface area contributed by atoms with Gasteiger partial charge in [0.1, 0.15) is 0 Å². The van der Waals surface area contributed by atoms with Crippen LogP contribution in [-0.4, -0.2) is 29.6 Å². The maximum atomic E-state index is 6.30. The zero-order valence-corrected chi connectivity index (χ0v) is 11.8. The van der Waals surface area contributed by atoms with Crippen molar-refractivity contribution in [2.75, 3.05) is 24.5 Å². The lowest BCUT2D eigenvalue weighted by Gasteiger charge is -2.39. The summed E-state index contributed by atoms with van der Waals surface area (Å²) in [6.07, 6.45) is 1.12. The Morgan fingerprint density at radius 2 is 2.12 bits per heavy atom. The van der Waals surface area contributed by atoms with Crippen LogP contribution in [0.5, 0.6) is 0 Å². The Kier molecular flexibility index (Phi) is 3.89. The van der Waals surface area contributed by atoms with E-state index < -0.39 is 0 Å². The van der Waals surface area contributed by atoms with Gasteiger partial charge in [-0.15, -0.1) is 0 Å². The van der Waals surface area contributed by atoms with Crippen molar-refractivity contribution >= 4 is 34.6 Å². The van der Waals surface area contributed by atoms with E-state index in [0.717, 1.165) is 41.9 Å². The molecule has 4 heteroatoms. The molecule has 1 aliphatic heterocycles. The molecule has 92 valence electrons. The molecule has 0 saturated carbocycles. The zero-order valence-electron chi connectivity index (χ0n) is 10.2. The van der Waals surface area contributed by atoms with E-state index in [-0.39, 0.29) is 0 Å². The molecule has 1 aromatic carbocycles. The number of hydrogen-bond donors (Lipinski definition) is 0. The number of para-hydroxylation sites is 1. The molecule has 0 atom stereocenters. The van der Waals surface area contributed by atoms with Gasteiger partial charge in [-0.25, -0.2) is 0 Å². The van der Waals surface area contributed by atoms with Gasteiger partial charge < -0.3 is 9.80 Å². The predicted octanol–water partition coefficient (Wildman–Crippen LogP) is 3.47. The number of anilines is 1. The molecule has 0 unspecified atom stereocenters. The molecule has 0 bridgehead atoms. The first-order valence-corrected chi connectivity index (χ1v) is 6.75. The molecule has 1 heterocycles. The smallest absolute Gasteiger partial charge is 0.176 e. The molecule has 17 heavy (non-hydrogen) atoms. The third kappa shape index (κ3) is 2.40. The molecule has 0 radical (unpaired) electrons. The fourth-order valence-electron chi connectivity index (χ4n) is 2.25. The predicted molar refractivity (Wildman–Crippen MR) is 78.0 cm³/mol. The van der Waals surface area contributed by atoms with Gasteiger partial charge in [0, 0.05) is 19.6 Å². The minimum Gasteiger partial charge on any atom is -0.349 e. The van der Waals surface area contributed by atoms with Gasteiger partial charge in [-0.2, -0.15) is 0 Å². The molecule has 1 aliphatic rings. The third-order valence-electron chi connectivity index (χ3n) is 3.15. The van der Waals surface area contributed by atoms with Crippen molar-refractivity contribution in [3.8, 4) is 0 Å². The maximum absolute atomic E-state index is 6.30. The second-order valence-electron chi connectivity index (χ2n) is 4.27. The van der Waals surface area contributed by atoms with Gasteiger partial charge in [0.25, 0.3) is 0 Å². The average Bonchev–Trinajstić information content (AvgIpc) is 2.31. The fourth-order valence-corrected chi connectivity index (χ4v) is 2.97. The minimum atomic E-state index is 0.783. The largest absolute Gasteiger partial charge is 0.349 e. The highest BCUT2D eigenvalue weighted by Gasteiger charge is 2.24. The molecule has 0 aliphatic carbocycles. The Bertz CT molecular complexity index is 413. The summed E-state index contributed by atoms with van der Waals surface area (Å²) in [7, 11) is 0. The maximum Gasteiger partial charge on any atom is 0.176 e. The number of benzene rings is 1. The molecular weight excluding hydrogens is 252 g/mol. The van der Waals surface area contributed by atoms with Crippen LogP contribution in [0.1, 0.15) is 18.9 Å². The molecule has 1 fully saturated rings. The van der Waals surface area contributed by atoms with E-state index in [2.05, 4.69) is 29.7 Å². The Balaban J connectivity index is 2.36. The monoisotopic (exact) mass is 268 g/mol. The van der Waals surface area contributed by atoms with Crippen molar-refractivity contribution in [1.82, 2.24) is 4.90 Å². The number of hydrogen-bond acceptors (Lipinski definition) is 1. The van der Waals surface area contributed by atoms with Crippen LogP contribution in [-0.2, 0) is 0 Å². The Morgan fingerprint density at radius 3 is 2.76 bits per heavy atom. The van der Waals surface area contributed by atoms with E-state index >= 15 is 0 Å². The van der Waals surface area contributed by atoms with Crippen molar-refractivity contribution in [3.63, 3.8) is 0 Å². The van der Waals surface area contributed by atoms with E-state index in [1.165, 1.54) is 5.56 Å². The van der Waals surface area contributed by atoms with E-state index in [9.17, 15) is 0 Å². The molecular formula is C13H17ClN2S. The van der Waals surface area contributed by atoms with E-state index in [4.69, 9.17) is 23.8 Å². The lowest BCUT2D eigenvalue weighted by Crippen LogP contribution is -2.49. The average molecular weight is 269 g/mol. The van der Waals surface area contributed by atoms with Crippen molar-refractivity contribution in [3.05, 3.63) is 28.8 Å². The second-order valence-corrected chi connectivity index (χ2v) is 5.05. The highest BCUT2D eigenvalue weighted by molar-refractivity contribution is 7.80. The number of aryl methyl sites for hydroxylation is 1. The molecule has 0 N–H and O–H groups in total. The van der Waals surface area contributed by atoms with Gasteiger partial charge in [-0.05, 0) is 44.1 Å². The van der Waals surface area contributed by atoms with Crippen LogP contribution in [0.25, 0.3) is 0 Å². The highest BCUT2D eigenvalue weighted by atomic mass is 35.5. The summed E-state index contributed by atoms with van der Waals surface area (Å²) >= 11 is 11.8. The summed E-state index contributed by atoms with van der Waals surface area (Å²) in [5.41, 5.74) is 2.25. The van der Waals surface area contributed by atoms with E-state index in [1.54, 1.807) is 0 Å². The SMILES string of the molecule is CCN1CCCN(c2c(C)cccc2Cl)C1=S. The topological polar surface area (TPSA) is 6.48 Å². The first-order valence-electron chi connectivity index (χ1n) is 5.96. The van der Waals surface area contributed by atoms with Crippen LogP contribution in [0.4, 0.5) is 5.69 Å². The van der Waals surface area contributed by atoms with Gasteiger partial charge in [0.15, 0.2) is 5.11 Å². The van der Waals surface area contributed by atoms with Crippen LogP contribution in [0.2, 0.25) is 5.02 Å². The summed E-state index contributed by atoms with van der Waals surface area (Å²) in [5, 5.41) is 1.68. The fraction of sp³-hybridized carbons (Fsp3) is 0.462. The Labute approximate surface area is 113 Å². The van der Waals surface area contributed by atoms with Gasteiger partial charge in [-0.3, -0.25) is 0 Å². The first kappa shape index (κ1) is 12.7. The zero-order chi connectivity index (χ0) is 12.4. The highest BCUT2D eigenvalue weighted by Crippen LogP contribution is 2.31. The van der Waals surface area contributed by atoms with Crippen molar-refractivity contribution in [2.24, 2.45) is 0 Å². The normalized spacial score (nSPS) is 16.5. The Morgan fingerprint density at radius 1 is 1.35 bits per heavy atom. The van der Waals surface area contributed by atoms with Gasteiger partial charge >= 0.3 is 0 Å². The van der Waals surface area contributed by atoms with Gasteiger partial charge in [0.05, 0.1) is 10.7 Å². The van der Waals surface area contributed by atoms with Gasteiger partial charge in [-0.1, -0.05) is 23.7 Å². The Hall–Kier alpha value is -0.800. The van der Waals surface area contributed by atoms with Crippen LogP contribution in [0.15, 0.2) is 18.2 Å². The number of nitrogens with zero attached hydrogens (tertiary/aromatic N) is 2. The molecule has 0 amide bonds. The van der Waals surface area contributed by atoms with Crippen molar-refractivity contribution in [2.45, 2.75) is 20.3 Å². The molecule has 1 aromatic rings. The lowest BCUT2D eigenvalue weighted by atomic mass is 10.1.